The van der Waals surface area contributed by atoms with Gasteiger partial charge in [-0.2, -0.15) is 0 Å². The van der Waals surface area contributed by atoms with Gasteiger partial charge >= 0.3 is 0 Å². The molecule has 1 N–H and O–H groups in total. The molecule has 0 saturated carbocycles. The van der Waals surface area contributed by atoms with E-state index in [1.165, 1.54) is 36.4 Å². The quantitative estimate of drug-likeness (QED) is 0.583. The van der Waals surface area contributed by atoms with Crippen molar-refractivity contribution < 1.29 is 18.4 Å². The number of nitrogens with zero attached hydrogens (tertiary/aromatic N) is 2. The molecule has 7 heteroatoms. The third-order valence-corrected chi connectivity index (χ3v) is 5.44. The van der Waals surface area contributed by atoms with Gasteiger partial charge in [0.1, 0.15) is 11.6 Å². The van der Waals surface area contributed by atoms with E-state index in [4.69, 9.17) is 0 Å². The van der Waals surface area contributed by atoms with E-state index in [0.717, 1.165) is 5.56 Å². The molecule has 2 amide bonds. The number of hydrogen-bond donors (Lipinski definition) is 1. The zero-order chi connectivity index (χ0) is 23.2. The average Bonchev–Trinajstić information content (AvgIpc) is 2.84. The first-order valence-electron chi connectivity index (χ1n) is 10.6. The summed E-state index contributed by atoms with van der Waals surface area (Å²) in [6, 6.07) is 19.4. The highest BCUT2D eigenvalue weighted by molar-refractivity contribution is 6.02. The van der Waals surface area contributed by atoms with Crippen LogP contribution >= 0.6 is 0 Å². The van der Waals surface area contributed by atoms with Crippen LogP contribution in [0.5, 0.6) is 0 Å². The third-order valence-electron chi connectivity index (χ3n) is 5.44. The summed E-state index contributed by atoms with van der Waals surface area (Å²) in [6.45, 7) is 1.79. The van der Waals surface area contributed by atoms with E-state index in [-0.39, 0.29) is 11.8 Å². The topological polar surface area (TPSA) is 52.7 Å². The van der Waals surface area contributed by atoms with Crippen molar-refractivity contribution in [3.05, 3.63) is 102 Å². The normalized spacial score (nSPS) is 13.9. The summed E-state index contributed by atoms with van der Waals surface area (Å²) >= 11 is 0. The van der Waals surface area contributed by atoms with E-state index in [1.807, 2.05) is 35.2 Å². The summed E-state index contributed by atoms with van der Waals surface area (Å²) in [4.78, 5) is 28.2. The number of anilines is 2. The van der Waals surface area contributed by atoms with Crippen molar-refractivity contribution in [2.24, 2.45) is 0 Å². The van der Waals surface area contributed by atoms with Crippen molar-refractivity contribution in [1.29, 1.82) is 0 Å². The molecule has 3 aromatic rings. The lowest BCUT2D eigenvalue weighted by molar-refractivity contribution is -0.111. The van der Waals surface area contributed by atoms with Crippen molar-refractivity contribution in [3.63, 3.8) is 0 Å². The molecule has 0 spiro atoms. The molecule has 1 fully saturated rings. The van der Waals surface area contributed by atoms with E-state index in [9.17, 15) is 18.4 Å². The fourth-order valence-electron chi connectivity index (χ4n) is 3.69. The Kier molecular flexibility index (Phi) is 6.78. The summed E-state index contributed by atoms with van der Waals surface area (Å²) in [5.41, 5.74) is 2.11. The summed E-state index contributed by atoms with van der Waals surface area (Å²) in [7, 11) is 0. The zero-order valence-corrected chi connectivity index (χ0v) is 17.9. The molecule has 0 unspecified atom stereocenters. The van der Waals surface area contributed by atoms with Gasteiger partial charge in [0.2, 0.25) is 5.91 Å². The maximum Gasteiger partial charge on any atom is 0.253 e. The van der Waals surface area contributed by atoms with Gasteiger partial charge in [-0.25, -0.2) is 8.78 Å². The number of piperazine rings is 1. The lowest BCUT2D eigenvalue weighted by atomic mass is 10.1. The van der Waals surface area contributed by atoms with Gasteiger partial charge in [0.15, 0.2) is 0 Å². The first-order chi connectivity index (χ1) is 16.0. The van der Waals surface area contributed by atoms with Crippen LogP contribution in [-0.2, 0) is 4.79 Å². The predicted molar refractivity (Wildman–Crippen MR) is 125 cm³/mol. The maximum absolute atomic E-state index is 14.8. The molecule has 33 heavy (non-hydrogen) atoms. The lowest BCUT2D eigenvalue weighted by Gasteiger charge is -2.36. The summed E-state index contributed by atoms with van der Waals surface area (Å²) in [5, 5.41) is 2.66. The molecule has 3 aromatic carbocycles. The largest absolute Gasteiger partial charge is 0.366 e. The van der Waals surface area contributed by atoms with E-state index < -0.39 is 11.6 Å². The van der Waals surface area contributed by atoms with Crippen molar-refractivity contribution in [2.45, 2.75) is 0 Å². The van der Waals surface area contributed by atoms with Crippen LogP contribution in [0.25, 0.3) is 6.08 Å². The minimum absolute atomic E-state index is 0.170. The van der Waals surface area contributed by atoms with Gasteiger partial charge < -0.3 is 15.1 Å². The van der Waals surface area contributed by atoms with Crippen LogP contribution in [0.4, 0.5) is 20.2 Å². The molecule has 0 atom stereocenters. The molecule has 0 aromatic heterocycles. The number of carbonyl (C=O) groups is 2. The number of hydrogen-bond acceptors (Lipinski definition) is 3. The number of benzene rings is 3. The number of amides is 2. The van der Waals surface area contributed by atoms with Crippen LogP contribution in [0.2, 0.25) is 0 Å². The van der Waals surface area contributed by atoms with E-state index in [1.54, 1.807) is 23.1 Å². The fraction of sp³-hybridized carbons (Fsp3) is 0.154. The summed E-state index contributed by atoms with van der Waals surface area (Å²) in [5.74, 6) is -1.35. The first-order valence-corrected chi connectivity index (χ1v) is 10.6. The second-order valence-corrected chi connectivity index (χ2v) is 7.69. The maximum atomic E-state index is 14.8. The molecule has 0 radical (unpaired) electrons. The standard InChI is InChI=1S/C26H23F2N3O2/c27-21-9-7-20(8-10-21)26(33)31-16-14-30(15-17-31)24-12-11-22(18-23(24)28)29-25(32)13-6-19-4-2-1-3-5-19/h1-13,18H,14-17H2,(H,29,32)/b13-6+. The number of carbonyl (C=O) groups excluding carboxylic acids is 2. The Morgan fingerprint density at radius 2 is 1.55 bits per heavy atom. The molecule has 0 bridgehead atoms. The molecule has 1 heterocycles. The van der Waals surface area contributed by atoms with Crippen LogP contribution in [0.1, 0.15) is 15.9 Å². The highest BCUT2D eigenvalue weighted by atomic mass is 19.1. The Morgan fingerprint density at radius 3 is 2.21 bits per heavy atom. The number of halogens is 2. The molecule has 168 valence electrons. The predicted octanol–water partition coefficient (Wildman–Crippen LogP) is 4.58. The van der Waals surface area contributed by atoms with Crippen LogP contribution in [0.3, 0.4) is 0 Å². The van der Waals surface area contributed by atoms with E-state index >= 15 is 0 Å². The van der Waals surface area contributed by atoms with Gasteiger partial charge in [-0.1, -0.05) is 30.3 Å². The SMILES string of the molecule is O=C(/C=C/c1ccccc1)Nc1ccc(N2CCN(C(=O)c3ccc(F)cc3)CC2)c(F)c1. The monoisotopic (exact) mass is 447 g/mol. The zero-order valence-electron chi connectivity index (χ0n) is 17.9. The highest BCUT2D eigenvalue weighted by Crippen LogP contribution is 2.24. The molecule has 1 aliphatic rings. The molecule has 5 nitrogen and oxygen atoms in total. The summed E-state index contributed by atoms with van der Waals surface area (Å²) in [6.07, 6.45) is 3.09. The molecular weight excluding hydrogens is 424 g/mol. The van der Waals surface area contributed by atoms with Gasteiger partial charge in [-0.05, 0) is 54.1 Å². The molecular formula is C26H23F2N3O2. The minimum Gasteiger partial charge on any atom is -0.366 e. The van der Waals surface area contributed by atoms with Crippen molar-refractivity contribution in [1.82, 2.24) is 4.90 Å². The average molecular weight is 447 g/mol. The first kappa shape index (κ1) is 22.2. The summed E-state index contributed by atoms with van der Waals surface area (Å²) < 4.78 is 27.9. The van der Waals surface area contributed by atoms with E-state index in [0.29, 0.717) is 43.1 Å². The Morgan fingerprint density at radius 1 is 0.848 bits per heavy atom. The minimum atomic E-state index is -0.446. The molecule has 0 aliphatic carbocycles. The Hall–Kier alpha value is -4.00. The van der Waals surface area contributed by atoms with Crippen LogP contribution in [0.15, 0.2) is 78.9 Å². The molecule has 1 aliphatic heterocycles. The van der Waals surface area contributed by atoms with E-state index in [2.05, 4.69) is 5.32 Å². The smallest absolute Gasteiger partial charge is 0.253 e. The van der Waals surface area contributed by atoms with Gasteiger partial charge in [0, 0.05) is 43.5 Å². The van der Waals surface area contributed by atoms with Crippen molar-refractivity contribution in [3.8, 4) is 0 Å². The van der Waals surface area contributed by atoms with Gasteiger partial charge in [0.05, 0.1) is 5.69 Å². The van der Waals surface area contributed by atoms with Crippen molar-refractivity contribution in [2.75, 3.05) is 36.4 Å². The van der Waals surface area contributed by atoms with Gasteiger partial charge in [-0.3, -0.25) is 9.59 Å². The van der Waals surface area contributed by atoms with Crippen LogP contribution < -0.4 is 10.2 Å². The van der Waals surface area contributed by atoms with Gasteiger partial charge in [0.25, 0.3) is 5.91 Å². The highest BCUT2D eigenvalue weighted by Gasteiger charge is 2.24. The third kappa shape index (κ3) is 5.63. The number of rotatable bonds is 5. The Labute approximate surface area is 190 Å². The lowest BCUT2D eigenvalue weighted by Crippen LogP contribution is -2.49. The van der Waals surface area contributed by atoms with Gasteiger partial charge in [-0.15, -0.1) is 0 Å². The molecule has 4 rings (SSSR count). The molecule has 1 saturated heterocycles. The Balaban J connectivity index is 1.34. The number of nitrogens with one attached hydrogen (secondary N) is 1. The van der Waals surface area contributed by atoms with Crippen LogP contribution in [0, 0.1) is 11.6 Å². The fourth-order valence-corrected chi connectivity index (χ4v) is 3.69. The van der Waals surface area contributed by atoms with Crippen molar-refractivity contribution >= 4 is 29.3 Å². The van der Waals surface area contributed by atoms with Crippen LogP contribution in [-0.4, -0.2) is 42.9 Å². The second-order valence-electron chi connectivity index (χ2n) is 7.69. The second kappa shape index (κ2) is 10.1. The Bertz CT molecular complexity index is 1160.